The fourth-order valence-corrected chi connectivity index (χ4v) is 2.40. The Labute approximate surface area is 91.0 Å². The number of nitrogens with zero attached hydrogens (tertiary/aromatic N) is 1. The lowest BCUT2D eigenvalue weighted by Gasteiger charge is -2.33. The zero-order valence-electron chi connectivity index (χ0n) is 9.37. The number of hydrogen-bond donors (Lipinski definition) is 1. The van der Waals surface area contributed by atoms with Crippen LogP contribution in [0.2, 0.25) is 0 Å². The predicted octanol–water partition coefficient (Wildman–Crippen LogP) is 0.233. The average Bonchev–Trinajstić information content (AvgIpc) is 2.29. The number of nitrogens with one attached hydrogen (secondary N) is 1. The van der Waals surface area contributed by atoms with Crippen LogP contribution in [-0.2, 0) is 9.53 Å². The van der Waals surface area contributed by atoms with Crippen LogP contribution in [0.25, 0.3) is 0 Å². The molecule has 2 atom stereocenters. The minimum absolute atomic E-state index is 0.236. The largest absolute Gasteiger partial charge is 0.378 e. The third-order valence-electron chi connectivity index (χ3n) is 3.30. The summed E-state index contributed by atoms with van der Waals surface area (Å²) in [5.74, 6) is 0.575. The molecule has 0 spiro atoms. The third-order valence-corrected chi connectivity index (χ3v) is 3.30. The van der Waals surface area contributed by atoms with Gasteiger partial charge < -0.3 is 15.0 Å². The van der Waals surface area contributed by atoms with E-state index < -0.39 is 0 Å². The Balaban J connectivity index is 1.88. The minimum atomic E-state index is 0.236. The van der Waals surface area contributed by atoms with Gasteiger partial charge >= 0.3 is 0 Å². The molecule has 2 aliphatic heterocycles. The van der Waals surface area contributed by atoms with Gasteiger partial charge in [-0.15, -0.1) is 0 Å². The van der Waals surface area contributed by atoms with Crippen LogP contribution in [0.5, 0.6) is 0 Å². The second-order valence-electron chi connectivity index (χ2n) is 4.51. The molecule has 1 N–H and O–H groups in total. The number of piperidine rings is 1. The lowest BCUT2D eigenvalue weighted by Crippen LogP contribution is -2.47. The Morgan fingerprint density at radius 1 is 1.40 bits per heavy atom. The second-order valence-corrected chi connectivity index (χ2v) is 4.51. The highest BCUT2D eigenvalue weighted by Gasteiger charge is 2.29. The van der Waals surface area contributed by atoms with Gasteiger partial charge in [0.15, 0.2) is 0 Å². The first kappa shape index (κ1) is 10.9. The molecule has 2 rings (SSSR count). The van der Waals surface area contributed by atoms with E-state index in [1.165, 1.54) is 0 Å². The Morgan fingerprint density at radius 3 is 2.80 bits per heavy atom. The molecule has 4 nitrogen and oxygen atoms in total. The first-order chi connectivity index (χ1) is 7.27. The molecule has 0 aromatic carbocycles. The van der Waals surface area contributed by atoms with Crippen LogP contribution in [-0.4, -0.2) is 49.7 Å². The number of amides is 1. The molecule has 1 amide bonds. The van der Waals surface area contributed by atoms with Gasteiger partial charge in [-0.1, -0.05) is 0 Å². The standard InChI is InChI=1S/C11H20N2O2/c1-9-8-10(2-3-12-9)11(14)13-4-6-15-7-5-13/h9-10,12H,2-8H2,1H3/t9-,10-/m0/s1. The molecule has 0 unspecified atom stereocenters. The number of carbonyl (C=O) groups is 1. The topological polar surface area (TPSA) is 41.6 Å². The van der Waals surface area contributed by atoms with E-state index in [9.17, 15) is 4.79 Å². The molecule has 2 fully saturated rings. The fourth-order valence-electron chi connectivity index (χ4n) is 2.40. The highest BCUT2D eigenvalue weighted by Crippen LogP contribution is 2.19. The number of ether oxygens (including phenoxy) is 1. The highest BCUT2D eigenvalue weighted by atomic mass is 16.5. The number of carbonyl (C=O) groups excluding carboxylic acids is 1. The van der Waals surface area contributed by atoms with Crippen LogP contribution in [0.3, 0.4) is 0 Å². The summed E-state index contributed by atoms with van der Waals surface area (Å²) in [4.78, 5) is 14.1. The van der Waals surface area contributed by atoms with Crippen molar-refractivity contribution in [2.45, 2.75) is 25.8 Å². The van der Waals surface area contributed by atoms with E-state index in [0.717, 1.165) is 32.5 Å². The molecule has 2 aliphatic rings. The van der Waals surface area contributed by atoms with Crippen LogP contribution >= 0.6 is 0 Å². The molecule has 86 valence electrons. The Hall–Kier alpha value is -0.610. The van der Waals surface area contributed by atoms with Crippen LogP contribution in [0.1, 0.15) is 19.8 Å². The van der Waals surface area contributed by atoms with Crippen molar-refractivity contribution in [2.75, 3.05) is 32.8 Å². The summed E-state index contributed by atoms with van der Waals surface area (Å²) in [6.07, 6.45) is 1.97. The third kappa shape index (κ3) is 2.69. The fraction of sp³-hybridized carbons (Fsp3) is 0.909. The van der Waals surface area contributed by atoms with Crippen LogP contribution in [0, 0.1) is 5.92 Å². The average molecular weight is 212 g/mol. The van der Waals surface area contributed by atoms with Crippen molar-refractivity contribution in [3.05, 3.63) is 0 Å². The summed E-state index contributed by atoms with van der Waals surface area (Å²) in [6.45, 7) is 6.08. The van der Waals surface area contributed by atoms with E-state index in [4.69, 9.17) is 4.74 Å². The Kier molecular flexibility index (Phi) is 3.59. The summed E-state index contributed by atoms with van der Waals surface area (Å²) in [5, 5.41) is 3.37. The monoisotopic (exact) mass is 212 g/mol. The van der Waals surface area contributed by atoms with Crippen molar-refractivity contribution in [2.24, 2.45) is 5.92 Å². The zero-order valence-corrected chi connectivity index (χ0v) is 9.37. The summed E-state index contributed by atoms with van der Waals surface area (Å²) in [7, 11) is 0. The van der Waals surface area contributed by atoms with E-state index in [0.29, 0.717) is 25.2 Å². The van der Waals surface area contributed by atoms with Crippen molar-refractivity contribution < 1.29 is 9.53 Å². The van der Waals surface area contributed by atoms with Gasteiger partial charge in [-0.25, -0.2) is 0 Å². The molecular formula is C11H20N2O2. The van der Waals surface area contributed by atoms with Gasteiger partial charge in [0.1, 0.15) is 0 Å². The first-order valence-electron chi connectivity index (χ1n) is 5.87. The lowest BCUT2D eigenvalue weighted by molar-refractivity contribution is -0.140. The molecule has 0 bridgehead atoms. The molecule has 4 heteroatoms. The van der Waals surface area contributed by atoms with Crippen molar-refractivity contribution in [1.82, 2.24) is 10.2 Å². The van der Waals surface area contributed by atoms with E-state index in [2.05, 4.69) is 12.2 Å². The van der Waals surface area contributed by atoms with E-state index >= 15 is 0 Å². The normalized spacial score (nSPS) is 32.7. The predicted molar refractivity (Wildman–Crippen MR) is 57.6 cm³/mol. The molecule has 2 heterocycles. The van der Waals surface area contributed by atoms with Crippen LogP contribution in [0.4, 0.5) is 0 Å². The molecule has 0 aromatic rings. The van der Waals surface area contributed by atoms with Gasteiger partial charge in [-0.05, 0) is 26.3 Å². The SMILES string of the molecule is C[C@H]1C[C@@H](C(=O)N2CCOCC2)CCN1. The van der Waals surface area contributed by atoms with Crippen LogP contribution < -0.4 is 5.32 Å². The minimum Gasteiger partial charge on any atom is -0.378 e. The van der Waals surface area contributed by atoms with Crippen molar-refractivity contribution in [3.8, 4) is 0 Å². The number of hydrogen-bond acceptors (Lipinski definition) is 3. The van der Waals surface area contributed by atoms with Crippen LogP contribution in [0.15, 0.2) is 0 Å². The van der Waals surface area contributed by atoms with Crippen molar-refractivity contribution in [1.29, 1.82) is 0 Å². The maximum atomic E-state index is 12.1. The first-order valence-corrected chi connectivity index (χ1v) is 5.87. The van der Waals surface area contributed by atoms with E-state index in [1.54, 1.807) is 0 Å². The lowest BCUT2D eigenvalue weighted by atomic mass is 9.92. The molecule has 15 heavy (non-hydrogen) atoms. The number of rotatable bonds is 1. The molecular weight excluding hydrogens is 192 g/mol. The molecule has 2 saturated heterocycles. The van der Waals surface area contributed by atoms with Gasteiger partial charge in [0.2, 0.25) is 5.91 Å². The Bertz CT molecular complexity index is 227. The summed E-state index contributed by atoms with van der Waals surface area (Å²) >= 11 is 0. The summed E-state index contributed by atoms with van der Waals surface area (Å²) < 4.78 is 5.25. The zero-order chi connectivity index (χ0) is 10.7. The molecule has 0 radical (unpaired) electrons. The van der Waals surface area contributed by atoms with Crippen molar-refractivity contribution >= 4 is 5.91 Å². The highest BCUT2D eigenvalue weighted by molar-refractivity contribution is 5.79. The van der Waals surface area contributed by atoms with E-state index in [-0.39, 0.29) is 5.92 Å². The van der Waals surface area contributed by atoms with Gasteiger partial charge in [0.25, 0.3) is 0 Å². The van der Waals surface area contributed by atoms with E-state index in [1.807, 2.05) is 4.90 Å². The molecule has 0 aliphatic carbocycles. The second kappa shape index (κ2) is 4.94. The summed E-state index contributed by atoms with van der Waals surface area (Å²) in [5.41, 5.74) is 0. The number of morpholine rings is 1. The maximum absolute atomic E-state index is 12.1. The summed E-state index contributed by atoms with van der Waals surface area (Å²) in [6, 6.07) is 0.480. The Morgan fingerprint density at radius 2 is 2.13 bits per heavy atom. The maximum Gasteiger partial charge on any atom is 0.225 e. The molecule has 0 saturated carbocycles. The van der Waals surface area contributed by atoms with Gasteiger partial charge in [0, 0.05) is 25.0 Å². The quantitative estimate of drug-likeness (QED) is 0.676. The van der Waals surface area contributed by atoms with Gasteiger partial charge in [0.05, 0.1) is 13.2 Å². The smallest absolute Gasteiger partial charge is 0.225 e. The van der Waals surface area contributed by atoms with Gasteiger partial charge in [-0.3, -0.25) is 4.79 Å². The molecule has 0 aromatic heterocycles. The van der Waals surface area contributed by atoms with Gasteiger partial charge in [-0.2, -0.15) is 0 Å². The van der Waals surface area contributed by atoms with Crippen molar-refractivity contribution in [3.63, 3.8) is 0 Å².